The number of nitrogens with zero attached hydrogens (tertiary/aromatic N) is 3. The van der Waals surface area contributed by atoms with Crippen LogP contribution in [0.2, 0.25) is 0 Å². The van der Waals surface area contributed by atoms with E-state index in [9.17, 15) is 14.9 Å². The van der Waals surface area contributed by atoms with Crippen LogP contribution in [0, 0.1) is 10.1 Å². The molecule has 0 aliphatic carbocycles. The largest absolute Gasteiger partial charge is 0.466 e. The van der Waals surface area contributed by atoms with E-state index in [1.807, 2.05) is 20.8 Å². The normalized spacial score (nSPS) is 11.5. The van der Waals surface area contributed by atoms with Crippen molar-refractivity contribution in [1.82, 2.24) is 9.78 Å². The number of carbonyl (C=O) groups is 1. The molecule has 0 fully saturated rings. The number of carbonyl (C=O) groups excluding carboxylic acids is 1. The number of aromatic nitrogens is 2. The summed E-state index contributed by atoms with van der Waals surface area (Å²) in [5, 5.41) is 15.5. The Bertz CT molecular complexity index is 561. The zero-order chi connectivity index (χ0) is 16.0. The van der Waals surface area contributed by atoms with E-state index in [0.717, 1.165) is 0 Å². The quantitative estimate of drug-likeness (QED) is 0.333. The highest BCUT2D eigenvalue weighted by molar-refractivity contribution is 5.88. The number of hydrogen-bond donors (Lipinski definition) is 0. The number of aryl methyl sites for hydroxylation is 1. The summed E-state index contributed by atoms with van der Waals surface area (Å²) in [7, 11) is 1.33. The van der Waals surface area contributed by atoms with Gasteiger partial charge in [-0.25, -0.2) is 4.79 Å². The van der Waals surface area contributed by atoms with E-state index in [1.54, 1.807) is 10.8 Å². The van der Waals surface area contributed by atoms with Crippen molar-refractivity contribution in [2.75, 3.05) is 7.11 Å². The minimum absolute atomic E-state index is 0.0875. The third-order valence-corrected chi connectivity index (χ3v) is 3.29. The van der Waals surface area contributed by atoms with Gasteiger partial charge in [-0.15, -0.1) is 0 Å². The Morgan fingerprint density at radius 3 is 2.48 bits per heavy atom. The van der Waals surface area contributed by atoms with Crippen LogP contribution in [-0.2, 0) is 28.9 Å². The van der Waals surface area contributed by atoms with Crippen LogP contribution in [0.15, 0.2) is 11.6 Å². The molecule has 0 atom stereocenters. The average molecular weight is 295 g/mol. The maximum Gasteiger partial charge on any atom is 0.333 e. The van der Waals surface area contributed by atoms with Gasteiger partial charge in [0.05, 0.1) is 18.6 Å². The molecule has 7 heteroatoms. The third kappa shape index (κ3) is 3.68. The van der Waals surface area contributed by atoms with Crippen molar-refractivity contribution in [2.45, 2.75) is 46.6 Å². The summed E-state index contributed by atoms with van der Waals surface area (Å²) in [6.45, 7) is 5.86. The zero-order valence-electron chi connectivity index (χ0n) is 12.9. The molecule has 0 amide bonds. The van der Waals surface area contributed by atoms with Gasteiger partial charge in [0.2, 0.25) is 0 Å². The zero-order valence-corrected chi connectivity index (χ0v) is 12.9. The van der Waals surface area contributed by atoms with Crippen molar-refractivity contribution in [3.8, 4) is 0 Å². The molecule has 1 rings (SSSR count). The summed E-state index contributed by atoms with van der Waals surface area (Å²) in [6, 6.07) is 0. The lowest BCUT2D eigenvalue weighted by atomic mass is 10.2. The molecule has 0 spiro atoms. The van der Waals surface area contributed by atoms with Crippen molar-refractivity contribution in [3.05, 3.63) is 33.2 Å². The monoisotopic (exact) mass is 295 g/mol. The van der Waals surface area contributed by atoms with Gasteiger partial charge in [-0.05, 0) is 19.3 Å². The standard InChI is InChI=1S/C14H21N3O4/c1-5-10(14(18)21-4)8-9-16-12(7-3)13(17(19)20)11(6-2)15-16/h8H,5-7,9H2,1-4H3. The Labute approximate surface area is 123 Å². The number of nitro groups is 1. The third-order valence-electron chi connectivity index (χ3n) is 3.29. The molecule has 0 aliphatic rings. The maximum absolute atomic E-state index is 11.5. The number of hydrogen-bond acceptors (Lipinski definition) is 5. The van der Waals surface area contributed by atoms with Crippen LogP contribution in [0.3, 0.4) is 0 Å². The number of rotatable bonds is 7. The lowest BCUT2D eigenvalue weighted by molar-refractivity contribution is -0.386. The molecule has 0 N–H and O–H groups in total. The average Bonchev–Trinajstić information content (AvgIpc) is 2.85. The van der Waals surface area contributed by atoms with E-state index in [-0.39, 0.29) is 16.6 Å². The predicted octanol–water partition coefficient (Wildman–Crippen LogP) is 2.43. The van der Waals surface area contributed by atoms with E-state index in [1.165, 1.54) is 7.11 Å². The van der Waals surface area contributed by atoms with Crippen molar-refractivity contribution < 1.29 is 14.5 Å². The molecule has 0 saturated heterocycles. The van der Waals surface area contributed by atoms with Gasteiger partial charge in [0, 0.05) is 5.57 Å². The maximum atomic E-state index is 11.5. The second-order valence-corrected chi connectivity index (χ2v) is 4.46. The first-order chi connectivity index (χ1) is 9.99. The summed E-state index contributed by atoms with van der Waals surface area (Å²) in [4.78, 5) is 22.3. The molecule has 0 unspecified atom stereocenters. The highest BCUT2D eigenvalue weighted by Gasteiger charge is 2.25. The van der Waals surface area contributed by atoms with Gasteiger partial charge in [0.15, 0.2) is 0 Å². The summed E-state index contributed by atoms with van der Waals surface area (Å²) >= 11 is 0. The number of esters is 1. The van der Waals surface area contributed by atoms with Crippen molar-refractivity contribution in [1.29, 1.82) is 0 Å². The van der Waals surface area contributed by atoms with Crippen molar-refractivity contribution in [2.24, 2.45) is 0 Å². The van der Waals surface area contributed by atoms with Gasteiger partial charge in [0.1, 0.15) is 11.4 Å². The molecule has 21 heavy (non-hydrogen) atoms. The van der Waals surface area contributed by atoms with Crippen LogP contribution >= 0.6 is 0 Å². The van der Waals surface area contributed by atoms with Crippen LogP contribution in [0.4, 0.5) is 5.69 Å². The van der Waals surface area contributed by atoms with Gasteiger partial charge < -0.3 is 4.74 Å². The first-order valence-corrected chi connectivity index (χ1v) is 7.00. The molecule has 1 aromatic heterocycles. The van der Waals surface area contributed by atoms with E-state index >= 15 is 0 Å². The smallest absolute Gasteiger partial charge is 0.333 e. The number of methoxy groups -OCH3 is 1. The topological polar surface area (TPSA) is 87.3 Å². The second-order valence-electron chi connectivity index (χ2n) is 4.46. The van der Waals surface area contributed by atoms with Gasteiger partial charge in [-0.1, -0.05) is 26.8 Å². The summed E-state index contributed by atoms with van der Waals surface area (Å²) in [5.41, 5.74) is 1.68. The minimum Gasteiger partial charge on any atom is -0.466 e. The molecule has 1 heterocycles. The van der Waals surface area contributed by atoms with E-state index in [0.29, 0.717) is 42.8 Å². The lowest BCUT2D eigenvalue weighted by Gasteiger charge is -2.04. The van der Waals surface area contributed by atoms with Crippen LogP contribution in [0.25, 0.3) is 0 Å². The molecule has 1 aromatic rings. The highest BCUT2D eigenvalue weighted by Crippen LogP contribution is 2.24. The van der Waals surface area contributed by atoms with Crippen LogP contribution < -0.4 is 0 Å². The SMILES string of the molecule is CCC(=CCn1nc(CC)c([N+](=O)[O-])c1CC)C(=O)OC. The molecule has 0 aromatic carbocycles. The summed E-state index contributed by atoms with van der Waals surface area (Å²) in [6.07, 6.45) is 3.26. The van der Waals surface area contributed by atoms with Crippen molar-refractivity contribution >= 4 is 11.7 Å². The molecular formula is C14H21N3O4. The van der Waals surface area contributed by atoms with E-state index in [2.05, 4.69) is 5.10 Å². The number of allylic oxidation sites excluding steroid dienone is 1. The van der Waals surface area contributed by atoms with Gasteiger partial charge in [-0.3, -0.25) is 14.8 Å². The van der Waals surface area contributed by atoms with Gasteiger partial charge in [0.25, 0.3) is 0 Å². The lowest BCUT2D eigenvalue weighted by Crippen LogP contribution is -2.08. The van der Waals surface area contributed by atoms with Crippen molar-refractivity contribution in [3.63, 3.8) is 0 Å². The first-order valence-electron chi connectivity index (χ1n) is 7.00. The van der Waals surface area contributed by atoms with Crippen LogP contribution in [-0.4, -0.2) is 27.8 Å². The van der Waals surface area contributed by atoms with Gasteiger partial charge >= 0.3 is 11.7 Å². The fraction of sp³-hybridized carbons (Fsp3) is 0.571. The highest BCUT2D eigenvalue weighted by atomic mass is 16.6. The van der Waals surface area contributed by atoms with E-state index in [4.69, 9.17) is 4.74 Å². The fourth-order valence-electron chi connectivity index (χ4n) is 2.19. The molecule has 0 aliphatic heterocycles. The van der Waals surface area contributed by atoms with Gasteiger partial charge in [-0.2, -0.15) is 5.10 Å². The minimum atomic E-state index is -0.383. The molecule has 0 bridgehead atoms. The molecule has 0 radical (unpaired) electrons. The first kappa shape index (κ1) is 16.9. The molecule has 116 valence electrons. The molecular weight excluding hydrogens is 274 g/mol. The molecule has 0 saturated carbocycles. The Morgan fingerprint density at radius 2 is 2.05 bits per heavy atom. The number of ether oxygens (including phenoxy) is 1. The second kappa shape index (κ2) is 7.56. The Balaban J connectivity index is 3.17. The fourth-order valence-corrected chi connectivity index (χ4v) is 2.19. The molecule has 7 nitrogen and oxygen atoms in total. The van der Waals surface area contributed by atoms with Crippen LogP contribution in [0.5, 0.6) is 0 Å². The Kier molecular flexibility index (Phi) is 6.08. The summed E-state index contributed by atoms with van der Waals surface area (Å²) in [5.74, 6) is -0.382. The Hall–Kier alpha value is -2.18. The van der Waals surface area contributed by atoms with E-state index < -0.39 is 0 Å². The predicted molar refractivity (Wildman–Crippen MR) is 78.0 cm³/mol. The Morgan fingerprint density at radius 1 is 1.38 bits per heavy atom. The van der Waals surface area contributed by atoms with Crippen LogP contribution in [0.1, 0.15) is 38.6 Å². The summed E-state index contributed by atoms with van der Waals surface area (Å²) < 4.78 is 6.28.